The normalized spacial score (nSPS) is 10.8. The molecule has 3 nitrogen and oxygen atoms in total. The fourth-order valence-electron chi connectivity index (χ4n) is 1.67. The Labute approximate surface area is 86.5 Å². The van der Waals surface area contributed by atoms with Crippen LogP contribution in [0.25, 0.3) is 0 Å². The van der Waals surface area contributed by atoms with E-state index in [9.17, 15) is 0 Å². The Morgan fingerprint density at radius 2 is 1.93 bits per heavy atom. The van der Waals surface area contributed by atoms with E-state index in [4.69, 9.17) is 0 Å². The molecule has 0 saturated heterocycles. The lowest BCUT2D eigenvalue weighted by Crippen LogP contribution is -2.05. The predicted octanol–water partition coefficient (Wildman–Crippen LogP) is 2.59. The standard InChI is InChI=1S/C11H21N3/c1-4-7-9-14-11(6-3)10(8-5-2)12-13-14/h4-9H2,1-3H3. The Hall–Kier alpha value is -0.860. The minimum Gasteiger partial charge on any atom is -0.249 e. The zero-order valence-electron chi connectivity index (χ0n) is 9.58. The van der Waals surface area contributed by atoms with E-state index in [1.807, 2.05) is 0 Å². The molecule has 0 aliphatic heterocycles. The Balaban J connectivity index is 2.73. The van der Waals surface area contributed by atoms with Crippen LogP contribution in [0.5, 0.6) is 0 Å². The van der Waals surface area contributed by atoms with Crippen molar-refractivity contribution < 1.29 is 0 Å². The molecule has 0 fully saturated rings. The zero-order valence-corrected chi connectivity index (χ0v) is 9.58. The van der Waals surface area contributed by atoms with Crippen LogP contribution >= 0.6 is 0 Å². The second-order valence-electron chi connectivity index (χ2n) is 3.66. The van der Waals surface area contributed by atoms with Gasteiger partial charge < -0.3 is 0 Å². The van der Waals surface area contributed by atoms with Gasteiger partial charge in [0.1, 0.15) is 0 Å². The maximum atomic E-state index is 4.24. The topological polar surface area (TPSA) is 30.7 Å². The quantitative estimate of drug-likeness (QED) is 0.698. The summed E-state index contributed by atoms with van der Waals surface area (Å²) in [6, 6.07) is 0. The van der Waals surface area contributed by atoms with Gasteiger partial charge in [0.15, 0.2) is 0 Å². The van der Waals surface area contributed by atoms with E-state index < -0.39 is 0 Å². The molecule has 1 aromatic rings. The van der Waals surface area contributed by atoms with Gasteiger partial charge in [-0.25, -0.2) is 4.68 Å². The van der Waals surface area contributed by atoms with Crippen LogP contribution in [0.15, 0.2) is 0 Å². The Kier molecular flexibility index (Phi) is 4.63. The molecule has 14 heavy (non-hydrogen) atoms. The van der Waals surface area contributed by atoms with E-state index in [0.29, 0.717) is 0 Å². The minimum absolute atomic E-state index is 1.02. The molecule has 0 bridgehead atoms. The first-order valence-corrected chi connectivity index (χ1v) is 5.74. The SMILES string of the molecule is CCCCn1nnc(CCC)c1CC. The smallest absolute Gasteiger partial charge is 0.0858 e. The number of hydrogen-bond donors (Lipinski definition) is 0. The fraction of sp³-hybridized carbons (Fsp3) is 0.818. The number of unbranched alkanes of at least 4 members (excludes halogenated alkanes) is 1. The molecular formula is C11H21N3. The zero-order chi connectivity index (χ0) is 10.4. The largest absolute Gasteiger partial charge is 0.249 e. The van der Waals surface area contributed by atoms with Crippen LogP contribution in [0.4, 0.5) is 0 Å². The molecule has 80 valence electrons. The number of aromatic nitrogens is 3. The maximum absolute atomic E-state index is 4.24. The minimum atomic E-state index is 1.02. The summed E-state index contributed by atoms with van der Waals surface area (Å²) in [4.78, 5) is 0. The van der Waals surface area contributed by atoms with Crippen LogP contribution in [-0.2, 0) is 19.4 Å². The van der Waals surface area contributed by atoms with Crippen LogP contribution in [-0.4, -0.2) is 15.0 Å². The number of rotatable bonds is 6. The van der Waals surface area contributed by atoms with Crippen LogP contribution < -0.4 is 0 Å². The summed E-state index contributed by atoms with van der Waals surface area (Å²) < 4.78 is 2.08. The van der Waals surface area contributed by atoms with Crippen molar-refractivity contribution in [1.29, 1.82) is 0 Å². The molecule has 0 aromatic carbocycles. The van der Waals surface area contributed by atoms with Crippen molar-refractivity contribution in [3.63, 3.8) is 0 Å². The lowest BCUT2D eigenvalue weighted by Gasteiger charge is -2.04. The number of nitrogens with zero attached hydrogens (tertiary/aromatic N) is 3. The molecule has 1 rings (SSSR count). The average Bonchev–Trinajstić information content (AvgIpc) is 2.58. The maximum Gasteiger partial charge on any atom is 0.0858 e. The average molecular weight is 195 g/mol. The van der Waals surface area contributed by atoms with Crippen LogP contribution in [0, 0.1) is 0 Å². The van der Waals surface area contributed by atoms with Gasteiger partial charge in [-0.3, -0.25) is 0 Å². The number of aryl methyl sites for hydroxylation is 2. The third kappa shape index (κ3) is 2.56. The summed E-state index contributed by atoms with van der Waals surface area (Å²) in [5.74, 6) is 0. The third-order valence-corrected chi connectivity index (χ3v) is 2.46. The van der Waals surface area contributed by atoms with Crippen molar-refractivity contribution in [1.82, 2.24) is 15.0 Å². The van der Waals surface area contributed by atoms with Gasteiger partial charge in [-0.1, -0.05) is 38.8 Å². The third-order valence-electron chi connectivity index (χ3n) is 2.46. The van der Waals surface area contributed by atoms with Gasteiger partial charge in [-0.15, -0.1) is 5.10 Å². The fourth-order valence-corrected chi connectivity index (χ4v) is 1.67. The molecule has 0 amide bonds. The molecule has 0 aliphatic carbocycles. The molecule has 3 heteroatoms. The second-order valence-corrected chi connectivity index (χ2v) is 3.66. The summed E-state index contributed by atoms with van der Waals surface area (Å²) in [6.45, 7) is 7.59. The lowest BCUT2D eigenvalue weighted by molar-refractivity contribution is 0.535. The highest BCUT2D eigenvalue weighted by Crippen LogP contribution is 2.09. The van der Waals surface area contributed by atoms with E-state index in [0.717, 1.165) is 25.8 Å². The van der Waals surface area contributed by atoms with E-state index in [1.165, 1.54) is 24.2 Å². The second kappa shape index (κ2) is 5.78. The molecule has 0 aliphatic rings. The van der Waals surface area contributed by atoms with Gasteiger partial charge in [0.05, 0.1) is 11.4 Å². The predicted molar refractivity (Wildman–Crippen MR) is 58.3 cm³/mol. The molecule has 0 N–H and O–H groups in total. The molecule has 0 spiro atoms. The summed E-state index contributed by atoms with van der Waals surface area (Å²) in [6.07, 6.45) is 5.68. The van der Waals surface area contributed by atoms with Gasteiger partial charge in [-0.05, 0) is 19.3 Å². The van der Waals surface area contributed by atoms with Gasteiger partial charge in [0.2, 0.25) is 0 Å². The first kappa shape index (κ1) is 11.2. The summed E-state index contributed by atoms with van der Waals surface area (Å²) >= 11 is 0. The summed E-state index contributed by atoms with van der Waals surface area (Å²) in [7, 11) is 0. The van der Waals surface area contributed by atoms with Crippen LogP contribution in [0.3, 0.4) is 0 Å². The molecular weight excluding hydrogens is 174 g/mol. The van der Waals surface area contributed by atoms with E-state index in [2.05, 4.69) is 35.8 Å². The Bertz CT molecular complexity index is 265. The van der Waals surface area contributed by atoms with Crippen LogP contribution in [0.1, 0.15) is 51.4 Å². The molecule has 0 saturated carbocycles. The molecule has 1 aromatic heterocycles. The monoisotopic (exact) mass is 195 g/mol. The van der Waals surface area contributed by atoms with E-state index in [1.54, 1.807) is 0 Å². The van der Waals surface area contributed by atoms with E-state index in [-0.39, 0.29) is 0 Å². The first-order valence-electron chi connectivity index (χ1n) is 5.74. The summed E-state index contributed by atoms with van der Waals surface area (Å²) in [5, 5.41) is 8.45. The number of hydrogen-bond acceptors (Lipinski definition) is 2. The van der Waals surface area contributed by atoms with E-state index >= 15 is 0 Å². The van der Waals surface area contributed by atoms with Crippen LogP contribution in [0.2, 0.25) is 0 Å². The Morgan fingerprint density at radius 1 is 1.14 bits per heavy atom. The van der Waals surface area contributed by atoms with Gasteiger partial charge >= 0.3 is 0 Å². The summed E-state index contributed by atoms with van der Waals surface area (Å²) in [5.41, 5.74) is 2.53. The highest BCUT2D eigenvalue weighted by molar-refractivity contribution is 5.10. The highest BCUT2D eigenvalue weighted by atomic mass is 15.4. The molecule has 0 unspecified atom stereocenters. The molecule has 0 atom stereocenters. The molecule has 1 heterocycles. The van der Waals surface area contributed by atoms with Gasteiger partial charge in [-0.2, -0.15) is 0 Å². The molecule has 0 radical (unpaired) electrons. The van der Waals surface area contributed by atoms with Crippen molar-refractivity contribution in [2.45, 2.75) is 59.4 Å². The van der Waals surface area contributed by atoms with Crippen molar-refractivity contribution in [3.8, 4) is 0 Å². The lowest BCUT2D eigenvalue weighted by atomic mass is 10.2. The Morgan fingerprint density at radius 3 is 2.50 bits per heavy atom. The first-order chi connectivity index (χ1) is 6.83. The van der Waals surface area contributed by atoms with Gasteiger partial charge in [0.25, 0.3) is 0 Å². The van der Waals surface area contributed by atoms with Crippen molar-refractivity contribution in [3.05, 3.63) is 11.4 Å². The van der Waals surface area contributed by atoms with Gasteiger partial charge in [0, 0.05) is 6.54 Å². The highest BCUT2D eigenvalue weighted by Gasteiger charge is 2.09. The van der Waals surface area contributed by atoms with Crippen molar-refractivity contribution >= 4 is 0 Å². The van der Waals surface area contributed by atoms with Crippen molar-refractivity contribution in [2.24, 2.45) is 0 Å². The van der Waals surface area contributed by atoms with Crippen molar-refractivity contribution in [2.75, 3.05) is 0 Å².